The molecule has 15 aromatic rings. The predicted octanol–water partition coefficient (Wildman–Crippen LogP) is 14.6. The first-order valence-corrected chi connectivity index (χ1v) is 45.5. The molecule has 5 aromatic heterocycles. The van der Waals surface area contributed by atoms with Gasteiger partial charge in [-0.1, -0.05) is 192 Å². The van der Waals surface area contributed by atoms with E-state index >= 15 is 0 Å². The van der Waals surface area contributed by atoms with E-state index in [1.54, 1.807) is 12.4 Å². The van der Waals surface area contributed by atoms with Gasteiger partial charge in [0.2, 0.25) is 5.91 Å². The third kappa shape index (κ3) is 29.2. The number of nitrogens with one attached hydrogen (secondary N) is 10. The summed E-state index contributed by atoms with van der Waals surface area (Å²) < 4.78 is 0. The zero-order chi connectivity index (χ0) is 93.3. The van der Waals surface area contributed by atoms with Crippen molar-refractivity contribution in [3.63, 3.8) is 0 Å². The van der Waals surface area contributed by atoms with Gasteiger partial charge >= 0.3 is 0 Å². The maximum Gasteiger partial charge on any atom is 0.267 e. The number of amides is 5. The van der Waals surface area contributed by atoms with Gasteiger partial charge in [0, 0.05) is 136 Å². The average molecular weight is 1770 g/mol. The number of carbonyl (C=O) groups is 5. The van der Waals surface area contributed by atoms with E-state index in [4.69, 9.17) is 57.3 Å². The van der Waals surface area contributed by atoms with Gasteiger partial charge < -0.3 is 109 Å². The molecule has 0 spiro atoms. The predicted molar refractivity (Wildman–Crippen MR) is 540 cm³/mol. The minimum Gasteiger partial charge on any atom is -0.361 e. The quantitative estimate of drug-likeness (QED) is 0.0173. The normalized spacial score (nSPS) is 12.3. The number of hydrogen-bond donors (Lipinski definition) is 20. The summed E-state index contributed by atoms with van der Waals surface area (Å²) in [6.07, 6.45) is 14.2. The van der Waals surface area contributed by atoms with Crippen molar-refractivity contribution in [2.24, 2.45) is 57.3 Å². The lowest BCUT2D eigenvalue weighted by Crippen LogP contribution is -2.38. The summed E-state index contributed by atoms with van der Waals surface area (Å²) in [7, 11) is 0. The molecule has 0 radical (unpaired) electrons. The fourth-order valence-electron chi connectivity index (χ4n) is 15.2. The highest BCUT2D eigenvalue weighted by Gasteiger charge is 2.20. The van der Waals surface area contributed by atoms with Gasteiger partial charge in [0.1, 0.15) is 11.4 Å². The second-order valence-electron chi connectivity index (χ2n) is 34.1. The van der Waals surface area contributed by atoms with Crippen molar-refractivity contribution in [1.29, 1.82) is 0 Å². The molecule has 0 fully saturated rings. The lowest BCUT2D eigenvalue weighted by Gasteiger charge is -2.12. The Labute approximate surface area is 768 Å². The van der Waals surface area contributed by atoms with Gasteiger partial charge in [-0.15, -0.1) is 0 Å². The Balaban J connectivity index is 0.000000158. The van der Waals surface area contributed by atoms with Crippen LogP contribution in [0.15, 0.2) is 243 Å². The second kappa shape index (κ2) is 49.6. The largest absolute Gasteiger partial charge is 0.361 e. The minimum absolute atomic E-state index is 0.0140. The molecular weight excluding hydrogens is 1630 g/mol. The Morgan fingerprint density at radius 2 is 0.573 bits per heavy atom. The van der Waals surface area contributed by atoms with Gasteiger partial charge in [-0.2, -0.15) is 0 Å². The molecule has 25 heteroatoms. The summed E-state index contributed by atoms with van der Waals surface area (Å²) >= 11 is 0. The molecule has 0 aliphatic rings. The number of aromatic amines is 5. The Hall–Kier alpha value is -13.2. The molecule has 5 amide bonds. The van der Waals surface area contributed by atoms with Crippen molar-refractivity contribution in [3.8, 4) is 55.6 Å². The van der Waals surface area contributed by atoms with Crippen LogP contribution in [0.2, 0.25) is 0 Å². The summed E-state index contributed by atoms with van der Waals surface area (Å²) in [5.41, 5.74) is 83.1. The van der Waals surface area contributed by atoms with Crippen LogP contribution in [0.3, 0.4) is 0 Å². The number of hydrogen-bond acceptors (Lipinski definition) is 15. The van der Waals surface area contributed by atoms with E-state index < -0.39 is 0 Å². The molecule has 5 heterocycles. The van der Waals surface area contributed by atoms with Gasteiger partial charge in [-0.25, -0.2) is 0 Å². The SMILES string of the molecule is Cc1ccc(-c2ccc3[nH]c(C(=O)NC[C@@H](N)CCCN)cc3c2)cc1.Cc1ccc(-c2ccc3[nH]cc(C(=O)NC[C@@H](N)CCCN)c3c2)cc1.Cc1ccc(-c2ccc3[nH]cc(CC(=O)NC[C@@H](N)CCCN)c3c2)cc1.Cc1ccc(-c2ccc3c(C(=O)NC[C@@H](N)CCCN)c[nH]c3c2)cc1.Cc1ccc(-c2ccc3cc(C(=O)NC[C@@H](N)CCCN)[nH]c3c2)cc1. The van der Waals surface area contributed by atoms with E-state index in [2.05, 4.69) is 268 Å². The fraction of sp³-hybridized carbons (Fsp3) is 0.292. The highest BCUT2D eigenvalue weighted by atomic mass is 16.2. The van der Waals surface area contributed by atoms with Gasteiger partial charge in [0.05, 0.1) is 17.5 Å². The number of aryl methyl sites for hydroxylation is 5. The molecule has 0 saturated carbocycles. The number of rotatable bonds is 36. The zero-order valence-corrected chi connectivity index (χ0v) is 76.1. The topological polar surface area (TPSA) is 485 Å². The van der Waals surface area contributed by atoms with Crippen molar-refractivity contribution in [3.05, 3.63) is 299 Å². The molecule has 5 atom stereocenters. The van der Waals surface area contributed by atoms with Crippen LogP contribution < -0.4 is 83.9 Å². The Morgan fingerprint density at radius 3 is 0.985 bits per heavy atom. The maximum absolute atomic E-state index is 12.6. The summed E-state index contributed by atoms with van der Waals surface area (Å²) in [4.78, 5) is 78.1. The van der Waals surface area contributed by atoms with E-state index in [-0.39, 0.29) is 59.7 Å². The Kier molecular flexibility index (Phi) is 37.3. The molecule has 686 valence electrons. The molecule has 0 unspecified atom stereocenters. The molecular formula is C106H132N20O5. The first-order chi connectivity index (χ1) is 63.3. The van der Waals surface area contributed by atoms with Crippen LogP contribution in [0.1, 0.15) is 139 Å². The monoisotopic (exact) mass is 1770 g/mol. The molecule has 10 aromatic carbocycles. The van der Waals surface area contributed by atoms with Crippen molar-refractivity contribution in [1.82, 2.24) is 51.5 Å². The summed E-state index contributed by atoms with van der Waals surface area (Å²) in [5, 5.41) is 19.5. The first kappa shape index (κ1) is 98.4. The molecule has 0 bridgehead atoms. The van der Waals surface area contributed by atoms with E-state index in [0.717, 1.165) is 174 Å². The van der Waals surface area contributed by atoms with Gasteiger partial charge in [-0.05, 0) is 253 Å². The molecule has 0 saturated heterocycles. The Morgan fingerprint density at radius 1 is 0.275 bits per heavy atom. The molecule has 131 heavy (non-hydrogen) atoms. The third-order valence-electron chi connectivity index (χ3n) is 23.2. The van der Waals surface area contributed by atoms with Crippen molar-refractivity contribution < 1.29 is 24.0 Å². The zero-order valence-electron chi connectivity index (χ0n) is 76.1. The lowest BCUT2D eigenvalue weighted by atomic mass is 10.0. The smallest absolute Gasteiger partial charge is 0.267 e. The average Bonchev–Trinajstić information content (AvgIpc) is 1.53. The fourth-order valence-corrected chi connectivity index (χ4v) is 15.2. The van der Waals surface area contributed by atoms with Crippen LogP contribution in [-0.4, -0.2) is 150 Å². The van der Waals surface area contributed by atoms with Crippen molar-refractivity contribution >= 4 is 84.1 Å². The molecule has 30 N–H and O–H groups in total. The standard InChI is InChI=1S/C22H28N4O.4C21H26N4O/c1-15-4-6-16(7-5-15)17-8-9-21-20(11-17)18(13-25-21)12-22(27)26-14-19(24)3-2-10-23;1-14-4-6-15(7-5-14)16-8-9-19-17(11-16)12-20(25-19)21(26)24-13-18(23)3-2-10-22;1-14-4-6-15(7-5-14)16-8-9-17-12-20(25-19(17)11-16)21(26)24-13-18(23)3-2-10-22;1-14-4-6-15(7-5-14)16-8-9-20-18(11-16)19(13-24-20)21(26)25-12-17(23)3-2-10-22;1-14-4-6-15(7-5-14)16-8-9-18-19(13-24-20(18)11-16)21(26)25-12-17(23)3-2-10-22/h4-9,11,13,19,25H,2-3,10,12,14,23-24H2,1H3,(H,26,27);2*4-9,11-12,18,25H,2-3,10,13,22-23H2,1H3,(H,24,26);2*4-9,11,13,17,24H,2-3,10,12,22-23H2,1H3,(H,25,26)/t19-;2*18-;2*17-/m00000/s1. The number of nitrogens with two attached hydrogens (primary N) is 10. The number of aromatic nitrogens is 5. The van der Waals surface area contributed by atoms with Gasteiger partial charge in [0.15, 0.2) is 0 Å². The van der Waals surface area contributed by atoms with Gasteiger partial charge in [-0.3, -0.25) is 24.0 Å². The van der Waals surface area contributed by atoms with Crippen molar-refractivity contribution in [2.45, 2.75) is 135 Å². The van der Waals surface area contributed by atoms with Crippen LogP contribution in [0.5, 0.6) is 0 Å². The lowest BCUT2D eigenvalue weighted by molar-refractivity contribution is -0.120. The summed E-state index contributed by atoms with van der Waals surface area (Å²) in [5.74, 6) is -0.509. The molecule has 0 aliphatic carbocycles. The first-order valence-electron chi connectivity index (χ1n) is 45.5. The van der Waals surface area contributed by atoms with Crippen LogP contribution in [0.25, 0.3) is 110 Å². The van der Waals surface area contributed by atoms with E-state index in [9.17, 15) is 24.0 Å². The highest BCUT2D eigenvalue weighted by Crippen LogP contribution is 2.33. The van der Waals surface area contributed by atoms with E-state index in [0.29, 0.717) is 94.4 Å². The van der Waals surface area contributed by atoms with Crippen LogP contribution in [0.4, 0.5) is 0 Å². The molecule has 15 rings (SSSR count). The maximum atomic E-state index is 12.6. The van der Waals surface area contributed by atoms with Gasteiger partial charge in [0.25, 0.3) is 23.6 Å². The minimum atomic E-state index is -0.138. The number of carbonyl (C=O) groups excluding carboxylic acids is 5. The number of fused-ring (bicyclic) bond motifs is 5. The van der Waals surface area contributed by atoms with Crippen molar-refractivity contribution in [2.75, 3.05) is 65.4 Å². The third-order valence-corrected chi connectivity index (χ3v) is 23.2. The van der Waals surface area contributed by atoms with Crippen LogP contribution in [-0.2, 0) is 11.2 Å². The van der Waals surface area contributed by atoms with E-state index in [1.807, 2.05) is 48.7 Å². The summed E-state index contributed by atoms with van der Waals surface area (Å²) in [6, 6.07) is 76.4. The van der Waals surface area contributed by atoms with Crippen LogP contribution >= 0.6 is 0 Å². The Bertz CT molecular complexity index is 5940. The molecule has 0 aliphatic heterocycles. The molecule has 25 nitrogen and oxygen atoms in total. The number of benzene rings is 10. The van der Waals surface area contributed by atoms with Crippen LogP contribution in [0, 0.1) is 34.6 Å². The second-order valence-corrected chi connectivity index (χ2v) is 34.1. The summed E-state index contributed by atoms with van der Waals surface area (Å²) in [6.45, 7) is 15.7. The van der Waals surface area contributed by atoms with E-state index in [1.165, 1.54) is 33.4 Å². The number of H-pyrrole nitrogens is 5. The highest BCUT2D eigenvalue weighted by molar-refractivity contribution is 6.09.